The summed E-state index contributed by atoms with van der Waals surface area (Å²) in [5.41, 5.74) is 2.83. The molecule has 0 amide bonds. The fraction of sp³-hybridized carbons (Fsp3) is 0.455. The van der Waals surface area contributed by atoms with Crippen LogP contribution < -0.4 is 0 Å². The van der Waals surface area contributed by atoms with Crippen LogP contribution in [0.25, 0.3) is 0 Å². The number of piperidine rings is 1. The molecule has 6 heteroatoms. The second-order valence-corrected chi connectivity index (χ2v) is 8.40. The van der Waals surface area contributed by atoms with Crippen molar-refractivity contribution in [1.82, 2.24) is 15.1 Å². The Morgan fingerprint density at radius 2 is 2.14 bits per heavy atom. The molecule has 0 bridgehead atoms. The maximum Gasteiger partial charge on any atom is 0.157 e. The molecule has 148 valence electrons. The van der Waals surface area contributed by atoms with E-state index in [9.17, 15) is 9.18 Å². The monoisotopic (exact) mass is 399 g/mol. The number of carbonyl (C=O) groups excluding carboxylic acids is 1. The van der Waals surface area contributed by atoms with Crippen LogP contribution in [0.5, 0.6) is 0 Å². The van der Waals surface area contributed by atoms with Crippen molar-refractivity contribution in [3.8, 4) is 0 Å². The molecule has 1 aromatic heterocycles. The van der Waals surface area contributed by atoms with E-state index in [0.29, 0.717) is 12.1 Å². The molecule has 2 aromatic rings. The minimum absolute atomic E-state index is 0.0890. The average molecular weight is 400 g/mol. The number of carbonyl (C=O) groups is 1. The summed E-state index contributed by atoms with van der Waals surface area (Å²) in [6.45, 7) is 1.41. The number of H-pyrrole nitrogens is 1. The molecule has 2 heterocycles. The predicted octanol–water partition coefficient (Wildman–Crippen LogP) is 4.13. The van der Waals surface area contributed by atoms with Crippen LogP contribution in [0.2, 0.25) is 0 Å². The highest BCUT2D eigenvalue weighted by Gasteiger charge is 2.40. The van der Waals surface area contributed by atoms with Crippen molar-refractivity contribution < 1.29 is 9.18 Å². The number of aryl methyl sites for hydroxylation is 1. The summed E-state index contributed by atoms with van der Waals surface area (Å²) < 4.78 is 14.6. The number of hydrogen-bond acceptors (Lipinski definition) is 4. The van der Waals surface area contributed by atoms with E-state index in [2.05, 4.69) is 21.2 Å². The Labute approximate surface area is 170 Å². The molecule has 1 N–H and O–H groups in total. The van der Waals surface area contributed by atoms with Crippen LogP contribution in [0.4, 0.5) is 4.39 Å². The number of aromatic nitrogens is 2. The molecule has 2 atom stereocenters. The largest absolute Gasteiger partial charge is 0.297 e. The molecular formula is C22H26FN3OS. The standard InChI is InChI=1S/C22H26FN3OS/c23-19-7-2-1-6-18(19)21(22(27)15-8-9-15)26-13-11-20(28)16(14-26)4-3-5-17-10-12-24-25-17/h1-2,4,6-7,10,12,15,20-21,28H,3,5,8-9,11,13-14H2,(H,24,25). The summed E-state index contributed by atoms with van der Waals surface area (Å²) in [4.78, 5) is 15.2. The third-order valence-electron chi connectivity index (χ3n) is 5.70. The molecule has 1 saturated carbocycles. The van der Waals surface area contributed by atoms with Gasteiger partial charge in [0.05, 0.1) is 6.04 Å². The number of nitrogens with one attached hydrogen (secondary N) is 1. The van der Waals surface area contributed by atoms with Crippen molar-refractivity contribution in [2.75, 3.05) is 13.1 Å². The number of ketones is 1. The van der Waals surface area contributed by atoms with Gasteiger partial charge in [0, 0.05) is 41.7 Å². The van der Waals surface area contributed by atoms with E-state index in [4.69, 9.17) is 12.6 Å². The van der Waals surface area contributed by atoms with Crippen molar-refractivity contribution in [2.45, 2.75) is 43.4 Å². The molecule has 0 spiro atoms. The van der Waals surface area contributed by atoms with E-state index >= 15 is 0 Å². The highest BCUT2D eigenvalue weighted by Crippen LogP contribution is 2.39. The summed E-state index contributed by atoms with van der Waals surface area (Å²) in [5.74, 6) is -0.0371. The van der Waals surface area contributed by atoms with E-state index < -0.39 is 6.04 Å². The molecule has 2 fully saturated rings. The van der Waals surface area contributed by atoms with Gasteiger partial charge in [-0.05, 0) is 49.8 Å². The first-order valence-electron chi connectivity index (χ1n) is 10.0. The Morgan fingerprint density at radius 1 is 1.32 bits per heavy atom. The molecule has 4 rings (SSSR count). The number of benzene rings is 1. The third-order valence-corrected chi connectivity index (χ3v) is 6.29. The van der Waals surface area contributed by atoms with Gasteiger partial charge in [-0.15, -0.1) is 0 Å². The lowest BCUT2D eigenvalue weighted by atomic mass is 9.93. The van der Waals surface area contributed by atoms with Crippen molar-refractivity contribution in [3.63, 3.8) is 0 Å². The zero-order valence-corrected chi connectivity index (χ0v) is 16.7. The van der Waals surface area contributed by atoms with Gasteiger partial charge in [-0.25, -0.2) is 4.39 Å². The lowest BCUT2D eigenvalue weighted by Gasteiger charge is -2.37. The molecule has 28 heavy (non-hydrogen) atoms. The minimum atomic E-state index is -0.495. The Hall–Kier alpha value is -1.92. The summed E-state index contributed by atoms with van der Waals surface area (Å²) in [7, 11) is 0. The Morgan fingerprint density at radius 3 is 2.86 bits per heavy atom. The lowest BCUT2D eigenvalue weighted by molar-refractivity contribution is -0.126. The smallest absolute Gasteiger partial charge is 0.157 e. The molecular weight excluding hydrogens is 373 g/mol. The van der Waals surface area contributed by atoms with Gasteiger partial charge in [0.1, 0.15) is 5.82 Å². The van der Waals surface area contributed by atoms with Crippen LogP contribution in [-0.4, -0.2) is 39.2 Å². The van der Waals surface area contributed by atoms with Gasteiger partial charge >= 0.3 is 0 Å². The van der Waals surface area contributed by atoms with E-state index in [-0.39, 0.29) is 22.8 Å². The number of hydrogen-bond donors (Lipinski definition) is 2. The van der Waals surface area contributed by atoms with Gasteiger partial charge in [-0.2, -0.15) is 17.7 Å². The SMILES string of the molecule is O=C(C1CC1)C(c1ccccc1F)N1CCC(S)C(=CCCc2ccn[nH]2)C1. The second kappa shape index (κ2) is 8.62. The molecule has 1 aliphatic heterocycles. The van der Waals surface area contributed by atoms with Crippen LogP contribution in [0.1, 0.15) is 43.0 Å². The molecule has 0 radical (unpaired) electrons. The first kappa shape index (κ1) is 19.4. The average Bonchev–Trinajstić information content (AvgIpc) is 3.42. The summed E-state index contributed by atoms with van der Waals surface area (Å²) in [6, 6.07) is 8.19. The van der Waals surface area contributed by atoms with Gasteiger partial charge < -0.3 is 0 Å². The topological polar surface area (TPSA) is 49.0 Å². The van der Waals surface area contributed by atoms with Crippen molar-refractivity contribution in [1.29, 1.82) is 0 Å². The van der Waals surface area contributed by atoms with Gasteiger partial charge in [0.2, 0.25) is 0 Å². The number of halogens is 1. The summed E-state index contributed by atoms with van der Waals surface area (Å²) in [5, 5.41) is 7.15. The van der Waals surface area contributed by atoms with Crippen molar-refractivity contribution in [3.05, 3.63) is 65.3 Å². The fourth-order valence-electron chi connectivity index (χ4n) is 3.97. The first-order valence-corrected chi connectivity index (χ1v) is 10.5. The van der Waals surface area contributed by atoms with E-state index in [0.717, 1.165) is 44.3 Å². The van der Waals surface area contributed by atoms with E-state index in [1.165, 1.54) is 11.6 Å². The quantitative estimate of drug-likeness (QED) is 0.544. The normalized spacial score (nSPS) is 23.1. The number of thiol groups is 1. The number of allylic oxidation sites excluding steroid dienone is 1. The van der Waals surface area contributed by atoms with Crippen LogP contribution in [-0.2, 0) is 11.2 Å². The maximum atomic E-state index is 14.6. The summed E-state index contributed by atoms with van der Waals surface area (Å²) >= 11 is 4.75. The van der Waals surface area contributed by atoms with E-state index in [1.54, 1.807) is 18.3 Å². The second-order valence-electron chi connectivity index (χ2n) is 7.78. The first-order chi connectivity index (χ1) is 13.6. The number of likely N-dealkylation sites (tertiary alicyclic amines) is 1. The number of nitrogens with zero attached hydrogens (tertiary/aromatic N) is 2. The van der Waals surface area contributed by atoms with Gasteiger partial charge in [-0.3, -0.25) is 14.8 Å². The van der Waals surface area contributed by atoms with Crippen LogP contribution in [0, 0.1) is 11.7 Å². The van der Waals surface area contributed by atoms with Crippen molar-refractivity contribution >= 4 is 18.4 Å². The zero-order valence-electron chi connectivity index (χ0n) is 15.9. The molecule has 2 unspecified atom stereocenters. The Balaban J connectivity index is 1.53. The predicted molar refractivity (Wildman–Crippen MR) is 111 cm³/mol. The number of Topliss-reactive ketones (excluding diaryl/α,β-unsaturated/α-hetero) is 1. The van der Waals surface area contributed by atoms with Crippen LogP contribution >= 0.6 is 12.6 Å². The molecule has 1 aliphatic carbocycles. The zero-order chi connectivity index (χ0) is 19.5. The lowest BCUT2D eigenvalue weighted by Crippen LogP contribution is -2.42. The maximum absolute atomic E-state index is 14.6. The highest BCUT2D eigenvalue weighted by molar-refractivity contribution is 7.81. The molecule has 1 saturated heterocycles. The summed E-state index contributed by atoms with van der Waals surface area (Å²) in [6.07, 6.45) is 8.49. The Kier molecular flexibility index (Phi) is 5.97. The van der Waals surface area contributed by atoms with Crippen LogP contribution in [0.15, 0.2) is 48.2 Å². The van der Waals surface area contributed by atoms with Gasteiger partial charge in [0.25, 0.3) is 0 Å². The molecule has 4 nitrogen and oxygen atoms in total. The Bertz CT molecular complexity index is 847. The number of aromatic amines is 1. The van der Waals surface area contributed by atoms with Gasteiger partial charge in [-0.1, -0.05) is 24.3 Å². The minimum Gasteiger partial charge on any atom is -0.297 e. The van der Waals surface area contributed by atoms with Gasteiger partial charge in [0.15, 0.2) is 5.78 Å². The molecule has 2 aliphatic rings. The van der Waals surface area contributed by atoms with Crippen LogP contribution in [0.3, 0.4) is 0 Å². The highest BCUT2D eigenvalue weighted by atomic mass is 32.1. The number of rotatable bonds is 7. The van der Waals surface area contributed by atoms with Crippen molar-refractivity contribution in [2.24, 2.45) is 5.92 Å². The third kappa shape index (κ3) is 4.39. The molecule has 1 aromatic carbocycles. The van der Waals surface area contributed by atoms with E-state index in [1.807, 2.05) is 12.1 Å². The fourth-order valence-corrected chi connectivity index (χ4v) is 4.27.